The van der Waals surface area contributed by atoms with Crippen molar-refractivity contribution in [3.8, 4) is 0 Å². The fourth-order valence-electron chi connectivity index (χ4n) is 4.50. The van der Waals surface area contributed by atoms with Gasteiger partial charge in [0.15, 0.2) is 0 Å². The van der Waals surface area contributed by atoms with E-state index in [1.165, 1.54) is 31.4 Å². The Morgan fingerprint density at radius 2 is 1.96 bits per heavy atom. The van der Waals surface area contributed by atoms with Crippen molar-refractivity contribution in [3.05, 3.63) is 11.8 Å². The van der Waals surface area contributed by atoms with E-state index in [2.05, 4.69) is 18.3 Å². The third-order valence-electron chi connectivity index (χ3n) is 5.87. The molecule has 2 fully saturated rings. The Hall–Kier alpha value is -1.52. The molecule has 5 heteroatoms. The smallest absolute Gasteiger partial charge is 0.321 e. The number of rotatable bonds is 4. The van der Waals surface area contributed by atoms with Crippen LogP contribution in [0.15, 0.2) is 11.8 Å². The predicted octanol–water partition coefficient (Wildman–Crippen LogP) is 3.51. The minimum atomic E-state index is 0.0249. The van der Waals surface area contributed by atoms with Crippen LogP contribution in [0.25, 0.3) is 0 Å². The van der Waals surface area contributed by atoms with Gasteiger partial charge >= 0.3 is 6.03 Å². The summed E-state index contributed by atoms with van der Waals surface area (Å²) < 4.78 is 0. The van der Waals surface area contributed by atoms with Crippen LogP contribution in [0.2, 0.25) is 0 Å². The number of fused-ring (bicyclic) bond motifs is 1. The molecule has 1 N–H and O–H groups in total. The van der Waals surface area contributed by atoms with E-state index in [0.29, 0.717) is 24.8 Å². The van der Waals surface area contributed by atoms with Crippen molar-refractivity contribution < 1.29 is 9.59 Å². The van der Waals surface area contributed by atoms with E-state index >= 15 is 0 Å². The molecule has 3 amide bonds. The van der Waals surface area contributed by atoms with Crippen LogP contribution in [0.5, 0.6) is 0 Å². The zero-order chi connectivity index (χ0) is 17.6. The normalized spacial score (nSPS) is 26.7. The van der Waals surface area contributed by atoms with Gasteiger partial charge in [0.1, 0.15) is 0 Å². The Balaban J connectivity index is 1.39. The maximum absolute atomic E-state index is 12.5. The second-order valence-corrected chi connectivity index (χ2v) is 7.97. The Morgan fingerprint density at radius 3 is 2.80 bits per heavy atom. The summed E-state index contributed by atoms with van der Waals surface area (Å²) in [6, 6.07) is 0.0249. The Bertz CT molecular complexity index is 517. The molecular formula is C20H33N3O2. The third-order valence-corrected chi connectivity index (χ3v) is 5.87. The highest BCUT2D eigenvalue weighted by Crippen LogP contribution is 2.34. The number of piperidine rings is 2. The van der Waals surface area contributed by atoms with Crippen molar-refractivity contribution in [1.82, 2.24) is 15.1 Å². The van der Waals surface area contributed by atoms with Crippen LogP contribution < -0.4 is 5.32 Å². The summed E-state index contributed by atoms with van der Waals surface area (Å²) >= 11 is 0. The number of urea groups is 1. The maximum Gasteiger partial charge on any atom is 0.321 e. The molecule has 0 aromatic heterocycles. The molecule has 0 radical (unpaired) electrons. The van der Waals surface area contributed by atoms with E-state index in [0.717, 1.165) is 45.3 Å². The average Bonchev–Trinajstić information content (AvgIpc) is 2.64. The molecule has 2 saturated heterocycles. The van der Waals surface area contributed by atoms with E-state index in [1.54, 1.807) is 0 Å². The second kappa shape index (κ2) is 8.72. The van der Waals surface area contributed by atoms with Crippen molar-refractivity contribution >= 4 is 11.9 Å². The Morgan fingerprint density at radius 1 is 1.16 bits per heavy atom. The number of nitrogens with zero attached hydrogens (tertiary/aromatic N) is 2. The van der Waals surface area contributed by atoms with Gasteiger partial charge in [0, 0.05) is 38.3 Å². The molecule has 0 aromatic carbocycles. The Kier molecular flexibility index (Phi) is 6.38. The number of hydrogen-bond donors (Lipinski definition) is 1. The van der Waals surface area contributed by atoms with Gasteiger partial charge < -0.3 is 10.2 Å². The van der Waals surface area contributed by atoms with Gasteiger partial charge in [0.25, 0.3) is 0 Å². The summed E-state index contributed by atoms with van der Waals surface area (Å²) in [7, 11) is 0. The summed E-state index contributed by atoms with van der Waals surface area (Å²) in [4.78, 5) is 28.7. The highest BCUT2D eigenvalue weighted by Gasteiger charge is 2.30. The predicted molar refractivity (Wildman–Crippen MR) is 99.0 cm³/mol. The Labute approximate surface area is 151 Å². The topological polar surface area (TPSA) is 52.7 Å². The zero-order valence-corrected chi connectivity index (χ0v) is 15.6. The number of carbonyl (C=O) groups is 2. The lowest BCUT2D eigenvalue weighted by Gasteiger charge is -2.37. The average molecular weight is 348 g/mol. The number of allylic oxidation sites excluding steroid dienone is 2. The van der Waals surface area contributed by atoms with Crippen LogP contribution in [-0.2, 0) is 4.79 Å². The number of amides is 3. The van der Waals surface area contributed by atoms with Gasteiger partial charge in [-0.1, -0.05) is 13.0 Å². The highest BCUT2D eigenvalue weighted by molar-refractivity contribution is 5.77. The van der Waals surface area contributed by atoms with Crippen molar-refractivity contribution in [1.29, 1.82) is 0 Å². The molecule has 1 aliphatic carbocycles. The molecule has 3 rings (SSSR count). The molecule has 25 heavy (non-hydrogen) atoms. The number of carbonyl (C=O) groups excluding carboxylic acids is 2. The van der Waals surface area contributed by atoms with E-state index in [9.17, 15) is 9.59 Å². The molecule has 2 unspecified atom stereocenters. The number of likely N-dealkylation sites (tertiary alicyclic amines) is 2. The molecule has 3 aliphatic rings. The van der Waals surface area contributed by atoms with Crippen LogP contribution in [0.4, 0.5) is 4.79 Å². The molecule has 0 aromatic rings. The minimum absolute atomic E-state index is 0.0249. The molecule has 2 heterocycles. The van der Waals surface area contributed by atoms with Gasteiger partial charge in [-0.3, -0.25) is 9.69 Å². The third kappa shape index (κ3) is 4.77. The van der Waals surface area contributed by atoms with E-state index in [1.807, 2.05) is 9.80 Å². The molecule has 0 spiro atoms. The van der Waals surface area contributed by atoms with Gasteiger partial charge in [-0.15, -0.1) is 0 Å². The first-order chi connectivity index (χ1) is 12.1. The summed E-state index contributed by atoms with van der Waals surface area (Å²) in [6.45, 7) is 5.43. The number of nitrogens with one attached hydrogen (secondary N) is 1. The molecule has 0 bridgehead atoms. The van der Waals surface area contributed by atoms with E-state index < -0.39 is 0 Å². The van der Waals surface area contributed by atoms with E-state index in [4.69, 9.17) is 0 Å². The molecular weight excluding hydrogens is 314 g/mol. The quantitative estimate of drug-likeness (QED) is 0.791. The van der Waals surface area contributed by atoms with Gasteiger partial charge in [0.05, 0.1) is 0 Å². The van der Waals surface area contributed by atoms with E-state index in [-0.39, 0.29) is 11.9 Å². The summed E-state index contributed by atoms with van der Waals surface area (Å²) in [5.74, 6) is 1.44. The lowest BCUT2D eigenvalue weighted by Crippen LogP contribution is -2.45. The van der Waals surface area contributed by atoms with Crippen molar-refractivity contribution in [2.75, 3.05) is 26.2 Å². The standard InChI is InChI=1S/C20H33N3O2/c1-16-7-5-13-22(15-16)19(24)11-4-12-21-20(25)23-14-6-9-17-8-2-3-10-18(17)23/h10,16-17H,2-9,11-15H2,1H3,(H,21,25). The number of hydrogen-bond acceptors (Lipinski definition) is 2. The van der Waals surface area contributed by atoms with Crippen LogP contribution >= 0.6 is 0 Å². The summed E-state index contributed by atoms with van der Waals surface area (Å²) in [5, 5.41) is 3.03. The first-order valence-electron chi connectivity index (χ1n) is 10.2. The van der Waals surface area contributed by atoms with Crippen LogP contribution in [0.3, 0.4) is 0 Å². The molecule has 0 saturated carbocycles. The van der Waals surface area contributed by atoms with Crippen molar-refractivity contribution in [2.45, 2.75) is 64.7 Å². The molecule has 2 atom stereocenters. The fourth-order valence-corrected chi connectivity index (χ4v) is 4.50. The van der Waals surface area contributed by atoms with Crippen LogP contribution in [0.1, 0.15) is 64.7 Å². The zero-order valence-electron chi connectivity index (χ0n) is 15.6. The first-order valence-corrected chi connectivity index (χ1v) is 10.2. The van der Waals surface area contributed by atoms with Crippen molar-refractivity contribution in [3.63, 3.8) is 0 Å². The second-order valence-electron chi connectivity index (χ2n) is 7.97. The monoisotopic (exact) mass is 347 g/mol. The summed E-state index contributed by atoms with van der Waals surface area (Å²) in [5.41, 5.74) is 1.24. The first kappa shape index (κ1) is 18.3. The van der Waals surface area contributed by atoms with Crippen LogP contribution in [-0.4, -0.2) is 47.9 Å². The molecule has 5 nitrogen and oxygen atoms in total. The summed E-state index contributed by atoms with van der Waals surface area (Å²) in [6.07, 6.45) is 11.8. The SMILES string of the molecule is CC1CCCN(C(=O)CCCNC(=O)N2CCCC3CCCC=C32)C1. The van der Waals surface area contributed by atoms with Gasteiger partial charge in [-0.05, 0) is 63.2 Å². The lowest BCUT2D eigenvalue weighted by atomic mass is 9.85. The maximum atomic E-state index is 12.5. The molecule has 140 valence electrons. The van der Waals surface area contributed by atoms with Gasteiger partial charge in [-0.25, -0.2) is 4.79 Å². The van der Waals surface area contributed by atoms with Gasteiger partial charge in [-0.2, -0.15) is 0 Å². The molecule has 2 aliphatic heterocycles. The lowest BCUT2D eigenvalue weighted by molar-refractivity contribution is -0.132. The fraction of sp³-hybridized carbons (Fsp3) is 0.800. The van der Waals surface area contributed by atoms with Crippen molar-refractivity contribution in [2.24, 2.45) is 11.8 Å². The van der Waals surface area contributed by atoms with Gasteiger partial charge in [0.2, 0.25) is 5.91 Å². The largest absolute Gasteiger partial charge is 0.342 e. The minimum Gasteiger partial charge on any atom is -0.342 e. The highest BCUT2D eigenvalue weighted by atomic mass is 16.2. The van der Waals surface area contributed by atoms with Crippen LogP contribution in [0, 0.1) is 11.8 Å².